The minimum absolute atomic E-state index is 0.324. The first-order valence-electron chi connectivity index (χ1n) is 6.62. The molecule has 1 aliphatic rings. The fourth-order valence-electron chi connectivity index (χ4n) is 2.02. The van der Waals surface area contributed by atoms with Gasteiger partial charge in [0.1, 0.15) is 5.60 Å². The minimum atomic E-state index is -0.539. The van der Waals surface area contributed by atoms with Crippen LogP contribution in [0.4, 0.5) is 0 Å². The third-order valence-electron chi connectivity index (χ3n) is 3.49. The van der Waals surface area contributed by atoms with E-state index in [9.17, 15) is 5.11 Å². The summed E-state index contributed by atoms with van der Waals surface area (Å²) >= 11 is 0. The number of ether oxygens (including phenoxy) is 1. The predicted molar refractivity (Wildman–Crippen MR) is 69.8 cm³/mol. The molecule has 3 heteroatoms. The van der Waals surface area contributed by atoms with E-state index in [2.05, 4.69) is 10.8 Å². The van der Waals surface area contributed by atoms with Crippen molar-refractivity contribution in [3.05, 3.63) is 0 Å². The van der Waals surface area contributed by atoms with Crippen LogP contribution in [0.25, 0.3) is 0 Å². The van der Waals surface area contributed by atoms with Crippen LogP contribution in [0.2, 0.25) is 0 Å². The average molecular weight is 239 g/mol. The monoisotopic (exact) mass is 239 g/mol. The van der Waals surface area contributed by atoms with Gasteiger partial charge in [-0.15, -0.1) is 6.42 Å². The maximum absolute atomic E-state index is 9.92. The van der Waals surface area contributed by atoms with Crippen molar-refractivity contribution in [2.75, 3.05) is 26.2 Å². The molecule has 1 fully saturated rings. The number of hydrogen-bond donors (Lipinski definition) is 1. The Kier molecular flexibility index (Phi) is 5.97. The van der Waals surface area contributed by atoms with Crippen LogP contribution in [0, 0.1) is 12.3 Å². The molecule has 1 N–H and O–H groups in total. The van der Waals surface area contributed by atoms with Gasteiger partial charge in [-0.3, -0.25) is 0 Å². The maximum atomic E-state index is 9.92. The van der Waals surface area contributed by atoms with E-state index in [1.54, 1.807) is 0 Å². The second kappa shape index (κ2) is 7.00. The molecular weight excluding hydrogens is 214 g/mol. The summed E-state index contributed by atoms with van der Waals surface area (Å²) in [6, 6.07) is 0. The van der Waals surface area contributed by atoms with Gasteiger partial charge in [-0.1, -0.05) is 19.3 Å². The lowest BCUT2D eigenvalue weighted by Gasteiger charge is -2.30. The Morgan fingerprint density at radius 2 is 2.06 bits per heavy atom. The van der Waals surface area contributed by atoms with Crippen LogP contribution in [0.5, 0.6) is 0 Å². The largest absolute Gasteiger partial charge is 0.389 e. The molecule has 0 aromatic heterocycles. The lowest BCUT2D eigenvalue weighted by Crippen LogP contribution is -2.40. The van der Waals surface area contributed by atoms with Crippen LogP contribution in [0.15, 0.2) is 0 Å². The number of piperidine rings is 1. The second-order valence-electron chi connectivity index (χ2n) is 5.05. The first-order chi connectivity index (χ1) is 8.09. The van der Waals surface area contributed by atoms with Crippen molar-refractivity contribution in [2.24, 2.45) is 0 Å². The van der Waals surface area contributed by atoms with Crippen LogP contribution in [0.3, 0.4) is 0 Å². The molecule has 1 rings (SSSR count). The first-order valence-corrected chi connectivity index (χ1v) is 6.62. The lowest BCUT2D eigenvalue weighted by atomic mass is 10.1. The summed E-state index contributed by atoms with van der Waals surface area (Å²) in [6.07, 6.45) is 9.54. The summed E-state index contributed by atoms with van der Waals surface area (Å²) in [5.74, 6) is 2.64. The van der Waals surface area contributed by atoms with Crippen molar-refractivity contribution in [3.63, 3.8) is 0 Å². The summed E-state index contributed by atoms with van der Waals surface area (Å²) in [5, 5.41) is 9.92. The highest BCUT2D eigenvalue weighted by molar-refractivity contribution is 5.05. The van der Waals surface area contributed by atoms with Crippen molar-refractivity contribution in [3.8, 4) is 12.3 Å². The number of nitrogens with zero attached hydrogens (tertiary/aromatic N) is 1. The van der Waals surface area contributed by atoms with Gasteiger partial charge in [0.05, 0.1) is 12.7 Å². The number of likely N-dealkylation sites (tertiary alicyclic amines) is 1. The van der Waals surface area contributed by atoms with Crippen LogP contribution >= 0.6 is 0 Å². The normalized spacial score (nSPS) is 22.7. The average Bonchev–Trinajstić information content (AvgIpc) is 2.37. The van der Waals surface area contributed by atoms with Gasteiger partial charge in [-0.25, -0.2) is 0 Å². The van der Waals surface area contributed by atoms with Gasteiger partial charge in [0.15, 0.2) is 0 Å². The summed E-state index contributed by atoms with van der Waals surface area (Å²) < 4.78 is 5.62. The quantitative estimate of drug-likeness (QED) is 0.715. The van der Waals surface area contributed by atoms with E-state index in [1.165, 1.54) is 19.3 Å². The summed E-state index contributed by atoms with van der Waals surface area (Å²) in [7, 11) is 0. The van der Waals surface area contributed by atoms with Crippen molar-refractivity contribution in [2.45, 2.75) is 51.2 Å². The molecule has 0 aromatic rings. The highest BCUT2D eigenvalue weighted by atomic mass is 16.5. The zero-order valence-electron chi connectivity index (χ0n) is 11.1. The molecular formula is C14H25NO2. The third kappa shape index (κ3) is 5.08. The Hall–Kier alpha value is -0.560. The summed E-state index contributed by atoms with van der Waals surface area (Å²) in [6.45, 7) is 7.10. The van der Waals surface area contributed by atoms with E-state index in [-0.39, 0.29) is 0 Å². The van der Waals surface area contributed by atoms with E-state index < -0.39 is 11.7 Å². The Labute approximate surface area is 105 Å². The fraction of sp³-hybridized carbons (Fsp3) is 0.857. The molecule has 98 valence electrons. The number of aliphatic hydroxyl groups excluding tert-OH is 1. The van der Waals surface area contributed by atoms with E-state index >= 15 is 0 Å². The zero-order valence-corrected chi connectivity index (χ0v) is 11.1. The van der Waals surface area contributed by atoms with Crippen LogP contribution in [0.1, 0.15) is 39.5 Å². The molecule has 1 saturated heterocycles. The number of aliphatic hydroxyl groups is 1. The fourth-order valence-corrected chi connectivity index (χ4v) is 2.02. The maximum Gasteiger partial charge on any atom is 0.125 e. The van der Waals surface area contributed by atoms with Crippen molar-refractivity contribution >= 4 is 0 Å². The van der Waals surface area contributed by atoms with Gasteiger partial charge in [0, 0.05) is 6.54 Å². The van der Waals surface area contributed by atoms with Crippen LogP contribution in [-0.4, -0.2) is 48.0 Å². The Morgan fingerprint density at radius 1 is 1.41 bits per heavy atom. The standard InChI is InChI=1S/C14H25NO2/c1-4-14(3,5-2)17-12-13(16)11-15-9-7-6-8-10-15/h1,13,16H,5-12H2,2-3H3/t13-,14+/m0/s1. The number of rotatable bonds is 6. The predicted octanol–water partition coefficient (Wildman–Crippen LogP) is 1.65. The molecule has 0 amide bonds. The number of terminal acetylenes is 1. The van der Waals surface area contributed by atoms with Crippen molar-refractivity contribution in [1.82, 2.24) is 4.90 Å². The van der Waals surface area contributed by atoms with Gasteiger partial charge in [-0.05, 0) is 39.3 Å². The first kappa shape index (κ1) is 14.5. The van der Waals surface area contributed by atoms with E-state index in [0.717, 1.165) is 19.5 Å². The summed E-state index contributed by atoms with van der Waals surface area (Å²) in [4.78, 5) is 2.30. The molecule has 1 heterocycles. The SMILES string of the molecule is C#C[C@](C)(CC)OC[C@@H](O)CN1CCCCC1. The van der Waals surface area contributed by atoms with E-state index in [4.69, 9.17) is 11.2 Å². The minimum Gasteiger partial charge on any atom is -0.389 e. The molecule has 0 unspecified atom stereocenters. The smallest absolute Gasteiger partial charge is 0.125 e. The van der Waals surface area contributed by atoms with E-state index in [0.29, 0.717) is 13.2 Å². The molecule has 0 radical (unpaired) electrons. The number of β-amino-alcohol motifs (C(OH)–C–C–N with tert-alkyl or cyclic N) is 1. The Morgan fingerprint density at radius 3 is 2.59 bits per heavy atom. The van der Waals surface area contributed by atoms with Gasteiger partial charge < -0.3 is 14.7 Å². The van der Waals surface area contributed by atoms with Gasteiger partial charge in [0.25, 0.3) is 0 Å². The molecule has 0 saturated carbocycles. The molecule has 0 aromatic carbocycles. The molecule has 3 nitrogen and oxygen atoms in total. The number of hydrogen-bond acceptors (Lipinski definition) is 3. The molecule has 2 atom stereocenters. The highest BCUT2D eigenvalue weighted by Crippen LogP contribution is 2.14. The van der Waals surface area contributed by atoms with E-state index in [1.807, 2.05) is 13.8 Å². The van der Waals surface area contributed by atoms with Crippen molar-refractivity contribution in [1.29, 1.82) is 0 Å². The van der Waals surface area contributed by atoms with Crippen LogP contribution in [-0.2, 0) is 4.74 Å². The lowest BCUT2D eigenvalue weighted by molar-refractivity contribution is -0.0481. The molecule has 0 aliphatic carbocycles. The van der Waals surface area contributed by atoms with Crippen molar-refractivity contribution < 1.29 is 9.84 Å². The van der Waals surface area contributed by atoms with Gasteiger partial charge >= 0.3 is 0 Å². The zero-order chi connectivity index (χ0) is 12.7. The molecule has 0 bridgehead atoms. The highest BCUT2D eigenvalue weighted by Gasteiger charge is 2.22. The van der Waals surface area contributed by atoms with Crippen LogP contribution < -0.4 is 0 Å². The summed E-state index contributed by atoms with van der Waals surface area (Å²) in [5.41, 5.74) is -0.539. The molecule has 17 heavy (non-hydrogen) atoms. The molecule has 1 aliphatic heterocycles. The van der Waals surface area contributed by atoms with Gasteiger partial charge in [-0.2, -0.15) is 0 Å². The third-order valence-corrected chi connectivity index (χ3v) is 3.49. The Balaban J connectivity index is 2.24. The topological polar surface area (TPSA) is 32.7 Å². The second-order valence-corrected chi connectivity index (χ2v) is 5.05. The van der Waals surface area contributed by atoms with Gasteiger partial charge in [0.2, 0.25) is 0 Å². The molecule has 0 spiro atoms. The Bertz CT molecular complexity index is 255.